The summed E-state index contributed by atoms with van der Waals surface area (Å²) in [6.07, 6.45) is 4.45. The van der Waals surface area contributed by atoms with Gasteiger partial charge in [-0.15, -0.1) is 0 Å². The summed E-state index contributed by atoms with van der Waals surface area (Å²) >= 11 is 0. The van der Waals surface area contributed by atoms with Gasteiger partial charge >= 0.3 is 0 Å². The Morgan fingerprint density at radius 1 is 1.61 bits per heavy atom. The van der Waals surface area contributed by atoms with Crippen molar-refractivity contribution in [2.24, 2.45) is 7.05 Å². The van der Waals surface area contributed by atoms with Crippen LogP contribution in [0.15, 0.2) is 6.20 Å². The molecule has 0 saturated carbocycles. The summed E-state index contributed by atoms with van der Waals surface area (Å²) < 4.78 is 1.81. The Morgan fingerprint density at radius 2 is 2.33 bits per heavy atom. The number of hydrogen-bond donors (Lipinski definition) is 2. The minimum Gasteiger partial charge on any atom is -0.396 e. The Labute approximate surface area is 108 Å². The van der Waals surface area contributed by atoms with Crippen LogP contribution in [0, 0.1) is 6.92 Å². The molecule has 1 rings (SSSR count). The van der Waals surface area contributed by atoms with Crippen molar-refractivity contribution in [3.63, 3.8) is 0 Å². The first kappa shape index (κ1) is 14.7. The number of aliphatic hydroxyl groups is 1. The molecule has 0 saturated heterocycles. The number of hydrogen-bond acceptors (Lipinski definition) is 3. The van der Waals surface area contributed by atoms with Gasteiger partial charge in [0.05, 0.1) is 6.20 Å². The normalized spacial score (nSPS) is 12.4. The van der Waals surface area contributed by atoms with E-state index in [0.717, 1.165) is 17.7 Å². The van der Waals surface area contributed by atoms with E-state index in [0.29, 0.717) is 19.3 Å². The Balaban J connectivity index is 2.39. The number of aryl methyl sites for hydroxylation is 2. The van der Waals surface area contributed by atoms with Gasteiger partial charge in [0.1, 0.15) is 0 Å². The lowest BCUT2D eigenvalue weighted by atomic mass is 10.1. The second-order valence-corrected chi connectivity index (χ2v) is 4.56. The zero-order valence-electron chi connectivity index (χ0n) is 11.4. The summed E-state index contributed by atoms with van der Waals surface area (Å²) in [5.41, 5.74) is 2.22. The lowest BCUT2D eigenvalue weighted by Crippen LogP contribution is -2.35. The summed E-state index contributed by atoms with van der Waals surface area (Å²) in [6.45, 7) is 4.12. The van der Waals surface area contributed by atoms with Gasteiger partial charge in [-0.3, -0.25) is 9.48 Å². The van der Waals surface area contributed by atoms with E-state index in [9.17, 15) is 4.79 Å². The maximum atomic E-state index is 11.8. The number of aromatic nitrogens is 2. The number of rotatable bonds is 7. The van der Waals surface area contributed by atoms with Crippen LogP contribution in [0.25, 0.3) is 0 Å². The third-order valence-corrected chi connectivity index (χ3v) is 3.29. The molecule has 5 heteroatoms. The zero-order chi connectivity index (χ0) is 13.5. The van der Waals surface area contributed by atoms with E-state index in [-0.39, 0.29) is 18.6 Å². The van der Waals surface area contributed by atoms with Crippen LogP contribution in [0.1, 0.15) is 37.4 Å². The number of nitrogens with zero attached hydrogens (tertiary/aromatic N) is 2. The van der Waals surface area contributed by atoms with Crippen molar-refractivity contribution in [1.82, 2.24) is 15.1 Å². The first-order chi connectivity index (χ1) is 8.58. The lowest BCUT2D eigenvalue weighted by molar-refractivity contribution is -0.121. The van der Waals surface area contributed by atoms with Gasteiger partial charge in [-0.05, 0) is 31.7 Å². The molecule has 102 valence electrons. The maximum absolute atomic E-state index is 11.8. The van der Waals surface area contributed by atoms with Crippen LogP contribution in [0.5, 0.6) is 0 Å². The molecule has 1 amide bonds. The summed E-state index contributed by atoms with van der Waals surface area (Å²) in [5, 5.41) is 16.0. The highest BCUT2D eigenvalue weighted by Gasteiger charge is 2.11. The fourth-order valence-corrected chi connectivity index (χ4v) is 1.87. The molecule has 0 aromatic carbocycles. The van der Waals surface area contributed by atoms with Crippen LogP contribution in [0.3, 0.4) is 0 Å². The smallest absolute Gasteiger partial charge is 0.220 e. The van der Waals surface area contributed by atoms with Crippen LogP contribution in [0.4, 0.5) is 0 Å². The molecular formula is C13H23N3O2. The third kappa shape index (κ3) is 4.14. The highest BCUT2D eigenvalue weighted by Crippen LogP contribution is 2.08. The summed E-state index contributed by atoms with van der Waals surface area (Å²) in [6, 6.07) is 0.0810. The highest BCUT2D eigenvalue weighted by atomic mass is 16.3. The van der Waals surface area contributed by atoms with Gasteiger partial charge in [-0.1, -0.05) is 6.92 Å². The molecule has 0 bridgehead atoms. The molecule has 0 aliphatic heterocycles. The molecule has 1 unspecified atom stereocenters. The predicted octanol–water partition coefficient (Wildman–Crippen LogP) is 0.938. The van der Waals surface area contributed by atoms with Gasteiger partial charge in [0, 0.05) is 31.8 Å². The van der Waals surface area contributed by atoms with Crippen LogP contribution >= 0.6 is 0 Å². The van der Waals surface area contributed by atoms with Crippen LogP contribution in [-0.4, -0.2) is 33.4 Å². The van der Waals surface area contributed by atoms with Gasteiger partial charge in [0.25, 0.3) is 0 Å². The average molecular weight is 253 g/mol. The molecule has 0 aliphatic rings. The molecule has 5 nitrogen and oxygen atoms in total. The van der Waals surface area contributed by atoms with Crippen molar-refractivity contribution in [1.29, 1.82) is 0 Å². The number of nitrogens with one attached hydrogen (secondary N) is 1. The summed E-state index contributed by atoms with van der Waals surface area (Å²) in [5.74, 6) is 0.0403. The molecule has 1 aromatic rings. The number of aliphatic hydroxyl groups excluding tert-OH is 1. The van der Waals surface area contributed by atoms with E-state index < -0.39 is 0 Å². The van der Waals surface area contributed by atoms with Crippen molar-refractivity contribution in [2.75, 3.05) is 6.61 Å². The van der Waals surface area contributed by atoms with Crippen molar-refractivity contribution >= 4 is 5.91 Å². The quantitative estimate of drug-likeness (QED) is 0.760. The van der Waals surface area contributed by atoms with Crippen molar-refractivity contribution in [2.45, 2.75) is 45.6 Å². The first-order valence-electron chi connectivity index (χ1n) is 6.46. The molecular weight excluding hydrogens is 230 g/mol. The Morgan fingerprint density at radius 3 is 2.83 bits per heavy atom. The van der Waals surface area contributed by atoms with E-state index >= 15 is 0 Å². The fraction of sp³-hybridized carbons (Fsp3) is 0.692. The van der Waals surface area contributed by atoms with E-state index in [1.165, 1.54) is 0 Å². The molecule has 0 fully saturated rings. The predicted molar refractivity (Wildman–Crippen MR) is 70.2 cm³/mol. The van der Waals surface area contributed by atoms with Gasteiger partial charge in [-0.2, -0.15) is 5.10 Å². The molecule has 1 aromatic heterocycles. The van der Waals surface area contributed by atoms with E-state index in [2.05, 4.69) is 10.4 Å². The van der Waals surface area contributed by atoms with Gasteiger partial charge < -0.3 is 10.4 Å². The topological polar surface area (TPSA) is 67.2 Å². The van der Waals surface area contributed by atoms with Crippen LogP contribution < -0.4 is 5.32 Å². The molecule has 1 heterocycles. The van der Waals surface area contributed by atoms with Gasteiger partial charge in [-0.25, -0.2) is 0 Å². The monoisotopic (exact) mass is 253 g/mol. The Kier molecular flexibility index (Phi) is 5.85. The number of amides is 1. The SMILES string of the molecule is CCC(CCO)NC(=O)CCc1cnn(C)c1C. The van der Waals surface area contributed by atoms with Crippen LogP contribution in [-0.2, 0) is 18.3 Å². The summed E-state index contributed by atoms with van der Waals surface area (Å²) in [7, 11) is 1.90. The van der Waals surface area contributed by atoms with E-state index in [1.54, 1.807) is 0 Å². The third-order valence-electron chi connectivity index (χ3n) is 3.29. The second-order valence-electron chi connectivity index (χ2n) is 4.56. The second kappa shape index (κ2) is 7.16. The molecule has 2 N–H and O–H groups in total. The summed E-state index contributed by atoms with van der Waals surface area (Å²) in [4.78, 5) is 11.8. The highest BCUT2D eigenvalue weighted by molar-refractivity contribution is 5.76. The number of carbonyl (C=O) groups is 1. The lowest BCUT2D eigenvalue weighted by Gasteiger charge is -2.15. The first-order valence-corrected chi connectivity index (χ1v) is 6.46. The largest absolute Gasteiger partial charge is 0.396 e. The molecule has 18 heavy (non-hydrogen) atoms. The van der Waals surface area contributed by atoms with E-state index in [1.807, 2.05) is 31.8 Å². The average Bonchev–Trinajstić information content (AvgIpc) is 2.67. The van der Waals surface area contributed by atoms with Crippen LogP contribution in [0.2, 0.25) is 0 Å². The maximum Gasteiger partial charge on any atom is 0.220 e. The fourth-order valence-electron chi connectivity index (χ4n) is 1.87. The molecule has 0 radical (unpaired) electrons. The van der Waals surface area contributed by atoms with Gasteiger partial charge in [0.15, 0.2) is 0 Å². The van der Waals surface area contributed by atoms with Crippen molar-refractivity contribution in [3.05, 3.63) is 17.5 Å². The zero-order valence-corrected chi connectivity index (χ0v) is 11.4. The Hall–Kier alpha value is -1.36. The van der Waals surface area contributed by atoms with Crippen molar-refractivity contribution < 1.29 is 9.90 Å². The Bertz CT molecular complexity index is 388. The molecule has 0 spiro atoms. The molecule has 0 aliphatic carbocycles. The number of carbonyl (C=O) groups excluding carboxylic acids is 1. The molecule has 1 atom stereocenters. The van der Waals surface area contributed by atoms with Crippen molar-refractivity contribution in [3.8, 4) is 0 Å². The minimum absolute atomic E-state index is 0.0403. The van der Waals surface area contributed by atoms with E-state index in [4.69, 9.17) is 5.11 Å². The van der Waals surface area contributed by atoms with Gasteiger partial charge in [0.2, 0.25) is 5.91 Å². The standard InChI is InChI=1S/C13H23N3O2/c1-4-12(7-8-17)15-13(18)6-5-11-9-14-16(3)10(11)2/h9,12,17H,4-8H2,1-3H3,(H,15,18). The minimum atomic E-state index is 0.0403.